The Hall–Kier alpha value is -1.28. The lowest BCUT2D eigenvalue weighted by molar-refractivity contribution is 0.0522. The van der Waals surface area contributed by atoms with Gasteiger partial charge in [0.15, 0.2) is 5.96 Å². The second-order valence-electron chi connectivity index (χ2n) is 6.19. The fraction of sp³-hybridized carbons (Fsp3) is 0.526. The van der Waals surface area contributed by atoms with Crippen LogP contribution in [0, 0.1) is 0 Å². The first-order valence-electron chi connectivity index (χ1n) is 8.73. The largest absolute Gasteiger partial charge is 0.489 e. The maximum atomic E-state index is 10.5. The van der Waals surface area contributed by atoms with E-state index >= 15 is 0 Å². The number of aliphatic imine (C=N–C) groups is 1. The van der Waals surface area contributed by atoms with Crippen LogP contribution in [0.1, 0.15) is 38.2 Å². The van der Waals surface area contributed by atoms with Crippen molar-refractivity contribution < 1.29 is 9.84 Å². The maximum Gasteiger partial charge on any atom is 0.191 e. The number of nitrogens with zero attached hydrogens (tertiary/aromatic N) is 1. The molecule has 0 atom stereocenters. The molecular weight excluding hydrogens is 429 g/mol. The van der Waals surface area contributed by atoms with Crippen molar-refractivity contribution in [2.75, 3.05) is 19.7 Å². The lowest BCUT2D eigenvalue weighted by Crippen LogP contribution is -2.46. The predicted octanol–water partition coefficient (Wildman–Crippen LogP) is 3.23. The molecule has 0 bridgehead atoms. The zero-order chi connectivity index (χ0) is 17.3. The SMILES string of the molecule is C=CCOc1ccccc1CN=C(NCC)NCC1(O)CCCC1.I. The Morgan fingerprint density at radius 1 is 1.32 bits per heavy atom. The van der Waals surface area contributed by atoms with E-state index in [1.54, 1.807) is 6.08 Å². The summed E-state index contributed by atoms with van der Waals surface area (Å²) in [6, 6.07) is 7.88. The van der Waals surface area contributed by atoms with Gasteiger partial charge in [-0.2, -0.15) is 0 Å². The molecule has 140 valence electrons. The van der Waals surface area contributed by atoms with Gasteiger partial charge in [-0.15, -0.1) is 24.0 Å². The summed E-state index contributed by atoms with van der Waals surface area (Å²) in [5.41, 5.74) is 0.428. The Kier molecular flexibility index (Phi) is 9.89. The zero-order valence-corrected chi connectivity index (χ0v) is 17.3. The van der Waals surface area contributed by atoms with Crippen molar-refractivity contribution in [3.05, 3.63) is 42.5 Å². The highest BCUT2D eigenvalue weighted by Gasteiger charge is 2.30. The molecule has 0 spiro atoms. The number of guanidine groups is 1. The topological polar surface area (TPSA) is 65.9 Å². The summed E-state index contributed by atoms with van der Waals surface area (Å²) >= 11 is 0. The fourth-order valence-electron chi connectivity index (χ4n) is 2.89. The van der Waals surface area contributed by atoms with E-state index < -0.39 is 5.60 Å². The zero-order valence-electron chi connectivity index (χ0n) is 15.0. The van der Waals surface area contributed by atoms with Crippen molar-refractivity contribution in [3.63, 3.8) is 0 Å². The third-order valence-corrected chi connectivity index (χ3v) is 4.20. The number of hydrogen-bond donors (Lipinski definition) is 3. The van der Waals surface area contributed by atoms with Gasteiger partial charge in [0.1, 0.15) is 12.4 Å². The molecule has 1 saturated carbocycles. The molecule has 0 aromatic heterocycles. The smallest absolute Gasteiger partial charge is 0.191 e. The van der Waals surface area contributed by atoms with Crippen LogP contribution in [0.2, 0.25) is 0 Å². The maximum absolute atomic E-state index is 10.5. The molecule has 2 rings (SSSR count). The van der Waals surface area contributed by atoms with Gasteiger partial charge in [-0.05, 0) is 25.8 Å². The third kappa shape index (κ3) is 7.23. The molecule has 0 unspecified atom stereocenters. The van der Waals surface area contributed by atoms with Gasteiger partial charge in [-0.25, -0.2) is 4.99 Å². The summed E-state index contributed by atoms with van der Waals surface area (Å²) in [4.78, 5) is 4.62. The molecule has 0 heterocycles. The minimum Gasteiger partial charge on any atom is -0.489 e. The highest BCUT2D eigenvalue weighted by atomic mass is 127. The Bertz CT molecular complexity index is 557. The van der Waals surface area contributed by atoms with Crippen LogP contribution in [-0.4, -0.2) is 36.4 Å². The van der Waals surface area contributed by atoms with E-state index in [9.17, 15) is 5.11 Å². The normalized spacial score (nSPS) is 16.0. The second kappa shape index (κ2) is 11.4. The molecule has 3 N–H and O–H groups in total. The Morgan fingerprint density at radius 3 is 2.72 bits per heavy atom. The summed E-state index contributed by atoms with van der Waals surface area (Å²) in [5.74, 6) is 1.54. The van der Waals surface area contributed by atoms with Crippen LogP contribution in [-0.2, 0) is 6.54 Å². The lowest BCUT2D eigenvalue weighted by Gasteiger charge is -2.23. The van der Waals surface area contributed by atoms with E-state index in [0.717, 1.165) is 49.5 Å². The van der Waals surface area contributed by atoms with Gasteiger partial charge in [0.2, 0.25) is 0 Å². The summed E-state index contributed by atoms with van der Waals surface area (Å²) in [7, 11) is 0. The molecule has 0 aliphatic heterocycles. The van der Waals surface area contributed by atoms with Crippen molar-refractivity contribution >= 4 is 29.9 Å². The van der Waals surface area contributed by atoms with Crippen molar-refractivity contribution in [2.24, 2.45) is 4.99 Å². The molecule has 0 radical (unpaired) electrons. The second-order valence-corrected chi connectivity index (χ2v) is 6.19. The Balaban J connectivity index is 0.00000312. The highest BCUT2D eigenvalue weighted by molar-refractivity contribution is 14.0. The number of rotatable bonds is 8. The Labute approximate surface area is 168 Å². The third-order valence-electron chi connectivity index (χ3n) is 4.20. The molecule has 1 aliphatic carbocycles. The molecule has 1 aromatic carbocycles. The molecule has 0 saturated heterocycles. The first kappa shape index (κ1) is 21.8. The number of para-hydroxylation sites is 1. The van der Waals surface area contributed by atoms with Crippen LogP contribution >= 0.6 is 24.0 Å². The van der Waals surface area contributed by atoms with E-state index in [1.165, 1.54) is 0 Å². The van der Waals surface area contributed by atoms with Gasteiger partial charge < -0.3 is 20.5 Å². The van der Waals surface area contributed by atoms with E-state index in [-0.39, 0.29) is 24.0 Å². The molecule has 6 heteroatoms. The summed E-state index contributed by atoms with van der Waals surface area (Å²) in [5, 5.41) is 17.0. The molecular formula is C19H30IN3O2. The number of aliphatic hydroxyl groups is 1. The van der Waals surface area contributed by atoms with Crippen LogP contribution in [0.3, 0.4) is 0 Å². The van der Waals surface area contributed by atoms with Gasteiger partial charge in [-0.1, -0.05) is 43.7 Å². The first-order valence-corrected chi connectivity index (χ1v) is 8.73. The van der Waals surface area contributed by atoms with Crippen molar-refractivity contribution in [1.29, 1.82) is 0 Å². The fourth-order valence-corrected chi connectivity index (χ4v) is 2.89. The molecule has 25 heavy (non-hydrogen) atoms. The number of benzene rings is 1. The highest BCUT2D eigenvalue weighted by Crippen LogP contribution is 2.28. The van der Waals surface area contributed by atoms with E-state index in [1.807, 2.05) is 31.2 Å². The van der Waals surface area contributed by atoms with Gasteiger partial charge in [-0.3, -0.25) is 0 Å². The minimum absolute atomic E-state index is 0. The van der Waals surface area contributed by atoms with E-state index in [0.29, 0.717) is 19.7 Å². The predicted molar refractivity (Wildman–Crippen MR) is 114 cm³/mol. The molecule has 0 amide bonds. The number of hydrogen-bond acceptors (Lipinski definition) is 3. The van der Waals surface area contributed by atoms with Crippen LogP contribution in [0.4, 0.5) is 0 Å². The average molecular weight is 459 g/mol. The van der Waals surface area contributed by atoms with Crippen molar-refractivity contribution in [3.8, 4) is 5.75 Å². The van der Waals surface area contributed by atoms with Crippen LogP contribution in [0.25, 0.3) is 0 Å². The first-order chi connectivity index (χ1) is 11.7. The quantitative estimate of drug-likeness (QED) is 0.242. The summed E-state index contributed by atoms with van der Waals surface area (Å²) in [6.45, 7) is 8.01. The average Bonchev–Trinajstić information content (AvgIpc) is 3.03. The summed E-state index contributed by atoms with van der Waals surface area (Å²) < 4.78 is 5.67. The Morgan fingerprint density at radius 2 is 2.04 bits per heavy atom. The van der Waals surface area contributed by atoms with Crippen LogP contribution in [0.15, 0.2) is 41.9 Å². The number of nitrogens with one attached hydrogen (secondary N) is 2. The monoisotopic (exact) mass is 459 g/mol. The molecule has 5 nitrogen and oxygen atoms in total. The molecule has 1 fully saturated rings. The molecule has 1 aliphatic rings. The van der Waals surface area contributed by atoms with Gasteiger partial charge in [0, 0.05) is 18.7 Å². The van der Waals surface area contributed by atoms with Gasteiger partial charge >= 0.3 is 0 Å². The van der Waals surface area contributed by atoms with E-state index in [4.69, 9.17) is 4.74 Å². The van der Waals surface area contributed by atoms with Crippen LogP contribution in [0.5, 0.6) is 5.75 Å². The lowest BCUT2D eigenvalue weighted by atomic mass is 10.0. The van der Waals surface area contributed by atoms with Crippen molar-refractivity contribution in [2.45, 2.75) is 44.8 Å². The van der Waals surface area contributed by atoms with Gasteiger partial charge in [0.05, 0.1) is 12.1 Å². The minimum atomic E-state index is -0.596. The standard InChI is InChI=1S/C19H29N3O2.HI/c1-3-13-24-17-10-6-5-9-16(17)14-21-18(20-4-2)22-15-19(23)11-7-8-12-19;/h3,5-6,9-10,23H,1,4,7-8,11-15H2,2H3,(H2,20,21,22);1H. The number of ether oxygens (including phenoxy) is 1. The number of halogens is 1. The van der Waals surface area contributed by atoms with Crippen molar-refractivity contribution in [1.82, 2.24) is 10.6 Å². The van der Waals surface area contributed by atoms with Crippen LogP contribution < -0.4 is 15.4 Å². The van der Waals surface area contributed by atoms with Gasteiger partial charge in [0.25, 0.3) is 0 Å². The summed E-state index contributed by atoms with van der Waals surface area (Å²) in [6.07, 6.45) is 5.64. The van der Waals surface area contributed by atoms with E-state index in [2.05, 4.69) is 22.2 Å². The molecule has 1 aromatic rings.